The van der Waals surface area contributed by atoms with E-state index in [4.69, 9.17) is 0 Å². The second-order valence-electron chi connectivity index (χ2n) is 5.37. The zero-order valence-corrected chi connectivity index (χ0v) is 11.5. The van der Waals surface area contributed by atoms with E-state index in [9.17, 15) is 8.42 Å². The van der Waals surface area contributed by atoms with E-state index in [1.807, 2.05) is 0 Å². The molecule has 100 valence electrons. The van der Waals surface area contributed by atoms with Crippen LogP contribution in [0.3, 0.4) is 0 Å². The molecule has 2 aliphatic rings. The second-order valence-corrected chi connectivity index (χ2v) is 7.39. The normalized spacial score (nSPS) is 27.2. The van der Waals surface area contributed by atoms with Crippen molar-refractivity contribution in [1.29, 1.82) is 0 Å². The van der Waals surface area contributed by atoms with E-state index in [-0.39, 0.29) is 0 Å². The van der Waals surface area contributed by atoms with Gasteiger partial charge in [0.05, 0.1) is 5.75 Å². The molecule has 1 N–H and O–H groups in total. The van der Waals surface area contributed by atoms with Crippen molar-refractivity contribution in [2.24, 2.45) is 5.92 Å². The van der Waals surface area contributed by atoms with Crippen LogP contribution >= 0.6 is 0 Å². The number of rotatable bonds is 6. The lowest BCUT2D eigenvalue weighted by Gasteiger charge is -2.32. The smallest absolute Gasteiger partial charge is 0.214 e. The molecular weight excluding hydrogens is 236 g/mol. The lowest BCUT2D eigenvalue weighted by molar-refractivity contribution is 0.283. The molecule has 0 amide bonds. The summed E-state index contributed by atoms with van der Waals surface area (Å²) in [7, 11) is -2.98. The molecule has 1 aliphatic carbocycles. The SMILES string of the molecule is CCCNC1CCCN(S(=O)(=O)CC2CC2)C1. The van der Waals surface area contributed by atoms with Crippen molar-refractivity contribution in [1.82, 2.24) is 9.62 Å². The first-order valence-electron chi connectivity index (χ1n) is 6.83. The van der Waals surface area contributed by atoms with Gasteiger partial charge < -0.3 is 5.32 Å². The minimum atomic E-state index is -2.98. The first kappa shape index (κ1) is 13.3. The summed E-state index contributed by atoms with van der Waals surface area (Å²) in [6.07, 6.45) is 5.40. The molecule has 1 atom stereocenters. The van der Waals surface area contributed by atoms with Crippen LogP contribution < -0.4 is 5.32 Å². The van der Waals surface area contributed by atoms with Crippen LogP contribution in [0, 0.1) is 5.92 Å². The summed E-state index contributed by atoms with van der Waals surface area (Å²) in [5.74, 6) is 0.831. The Morgan fingerprint density at radius 3 is 2.71 bits per heavy atom. The lowest BCUT2D eigenvalue weighted by Crippen LogP contribution is -2.48. The Morgan fingerprint density at radius 1 is 1.29 bits per heavy atom. The van der Waals surface area contributed by atoms with E-state index in [1.54, 1.807) is 4.31 Å². The summed E-state index contributed by atoms with van der Waals surface area (Å²) in [4.78, 5) is 0. The molecule has 0 radical (unpaired) electrons. The molecule has 17 heavy (non-hydrogen) atoms. The molecule has 4 nitrogen and oxygen atoms in total. The Labute approximate surface area is 105 Å². The van der Waals surface area contributed by atoms with Crippen molar-refractivity contribution in [3.63, 3.8) is 0 Å². The summed E-state index contributed by atoms with van der Waals surface area (Å²) >= 11 is 0. The lowest BCUT2D eigenvalue weighted by atomic mass is 10.1. The standard InChI is InChI=1S/C12H24N2O2S/c1-2-7-13-12-4-3-8-14(9-12)17(15,16)10-11-5-6-11/h11-13H,2-10H2,1H3. The highest BCUT2D eigenvalue weighted by Gasteiger charge is 2.34. The van der Waals surface area contributed by atoms with Gasteiger partial charge in [0.1, 0.15) is 0 Å². The van der Waals surface area contributed by atoms with Gasteiger partial charge in [-0.1, -0.05) is 6.92 Å². The fraction of sp³-hybridized carbons (Fsp3) is 1.00. The van der Waals surface area contributed by atoms with Crippen LogP contribution in [0.15, 0.2) is 0 Å². The molecule has 1 saturated heterocycles. The fourth-order valence-corrected chi connectivity index (χ4v) is 4.35. The Balaban J connectivity index is 1.86. The molecule has 5 heteroatoms. The summed E-state index contributed by atoms with van der Waals surface area (Å²) < 4.78 is 26.0. The molecule has 1 heterocycles. The predicted molar refractivity (Wildman–Crippen MR) is 69.4 cm³/mol. The average molecular weight is 260 g/mol. The van der Waals surface area contributed by atoms with E-state index in [2.05, 4.69) is 12.2 Å². The van der Waals surface area contributed by atoms with Crippen molar-refractivity contribution >= 4 is 10.0 Å². The number of piperidine rings is 1. The average Bonchev–Trinajstić information content (AvgIpc) is 3.10. The van der Waals surface area contributed by atoms with Crippen molar-refractivity contribution < 1.29 is 8.42 Å². The molecule has 0 aromatic heterocycles. The fourth-order valence-electron chi connectivity index (χ4n) is 2.40. The summed E-state index contributed by atoms with van der Waals surface area (Å²) in [6.45, 7) is 4.52. The number of hydrogen-bond donors (Lipinski definition) is 1. The van der Waals surface area contributed by atoms with Gasteiger partial charge in [0, 0.05) is 19.1 Å². The Morgan fingerprint density at radius 2 is 2.06 bits per heavy atom. The van der Waals surface area contributed by atoms with Crippen LogP contribution in [0.5, 0.6) is 0 Å². The van der Waals surface area contributed by atoms with Crippen molar-refractivity contribution in [2.45, 2.75) is 45.1 Å². The highest BCUT2D eigenvalue weighted by Crippen LogP contribution is 2.31. The highest BCUT2D eigenvalue weighted by atomic mass is 32.2. The molecule has 1 saturated carbocycles. The van der Waals surface area contributed by atoms with Crippen molar-refractivity contribution in [3.8, 4) is 0 Å². The third-order valence-electron chi connectivity index (χ3n) is 3.60. The summed E-state index contributed by atoms with van der Waals surface area (Å²) in [6, 6.07) is 0.359. The Bertz CT molecular complexity index is 338. The number of sulfonamides is 1. The van der Waals surface area contributed by atoms with Gasteiger partial charge in [0.25, 0.3) is 0 Å². The summed E-state index contributed by atoms with van der Waals surface area (Å²) in [5, 5.41) is 3.44. The first-order chi connectivity index (χ1) is 8.12. The maximum Gasteiger partial charge on any atom is 0.214 e. The number of nitrogens with one attached hydrogen (secondary N) is 1. The Hall–Kier alpha value is -0.130. The zero-order valence-electron chi connectivity index (χ0n) is 10.7. The molecular formula is C12H24N2O2S. The van der Waals surface area contributed by atoms with Gasteiger partial charge in [-0.3, -0.25) is 0 Å². The van der Waals surface area contributed by atoms with Crippen LogP contribution in [-0.2, 0) is 10.0 Å². The van der Waals surface area contributed by atoms with Gasteiger partial charge in [-0.2, -0.15) is 0 Å². The van der Waals surface area contributed by atoms with Gasteiger partial charge in [-0.15, -0.1) is 0 Å². The molecule has 2 rings (SSSR count). The maximum absolute atomic E-state index is 12.2. The van der Waals surface area contributed by atoms with Crippen molar-refractivity contribution in [2.75, 3.05) is 25.4 Å². The molecule has 0 aromatic carbocycles. The van der Waals surface area contributed by atoms with E-state index in [0.717, 1.165) is 45.2 Å². The van der Waals surface area contributed by atoms with Crippen molar-refractivity contribution in [3.05, 3.63) is 0 Å². The van der Waals surface area contributed by atoms with Crippen LogP contribution in [0.4, 0.5) is 0 Å². The van der Waals surface area contributed by atoms with Gasteiger partial charge in [0.15, 0.2) is 0 Å². The third-order valence-corrected chi connectivity index (χ3v) is 5.61. The number of hydrogen-bond acceptors (Lipinski definition) is 3. The minimum Gasteiger partial charge on any atom is -0.313 e. The largest absolute Gasteiger partial charge is 0.313 e. The molecule has 0 bridgehead atoms. The van der Waals surface area contributed by atoms with Gasteiger partial charge in [-0.25, -0.2) is 12.7 Å². The molecule has 1 aliphatic heterocycles. The molecule has 0 spiro atoms. The molecule has 2 fully saturated rings. The van der Waals surface area contributed by atoms with Crippen LogP contribution in [-0.4, -0.2) is 44.2 Å². The second kappa shape index (κ2) is 5.67. The number of nitrogens with zero attached hydrogens (tertiary/aromatic N) is 1. The topological polar surface area (TPSA) is 49.4 Å². The van der Waals surface area contributed by atoms with Crippen LogP contribution in [0.2, 0.25) is 0 Å². The Kier molecular flexibility index (Phi) is 4.44. The maximum atomic E-state index is 12.2. The molecule has 0 aromatic rings. The van der Waals surface area contributed by atoms with Gasteiger partial charge >= 0.3 is 0 Å². The van der Waals surface area contributed by atoms with E-state index >= 15 is 0 Å². The predicted octanol–water partition coefficient (Wildman–Crippen LogP) is 1.19. The van der Waals surface area contributed by atoms with E-state index in [0.29, 0.717) is 24.3 Å². The third kappa shape index (κ3) is 3.93. The van der Waals surface area contributed by atoms with Crippen LogP contribution in [0.25, 0.3) is 0 Å². The highest BCUT2D eigenvalue weighted by molar-refractivity contribution is 7.89. The van der Waals surface area contributed by atoms with E-state index in [1.165, 1.54) is 0 Å². The quantitative estimate of drug-likeness (QED) is 0.780. The van der Waals surface area contributed by atoms with E-state index < -0.39 is 10.0 Å². The van der Waals surface area contributed by atoms with Gasteiger partial charge in [0.2, 0.25) is 10.0 Å². The molecule has 1 unspecified atom stereocenters. The summed E-state index contributed by atoms with van der Waals surface area (Å²) in [5.41, 5.74) is 0. The van der Waals surface area contributed by atoms with Crippen LogP contribution in [0.1, 0.15) is 39.0 Å². The zero-order chi connectivity index (χ0) is 12.3. The first-order valence-corrected chi connectivity index (χ1v) is 8.44. The monoisotopic (exact) mass is 260 g/mol. The van der Waals surface area contributed by atoms with Gasteiger partial charge in [-0.05, 0) is 44.6 Å². The minimum absolute atomic E-state index is 0.359.